The van der Waals surface area contributed by atoms with Crippen molar-refractivity contribution < 1.29 is 13.2 Å². The van der Waals surface area contributed by atoms with Gasteiger partial charge in [-0.2, -0.15) is 0 Å². The van der Waals surface area contributed by atoms with Gasteiger partial charge in [0.15, 0.2) is 0 Å². The number of sulfonamides is 1. The van der Waals surface area contributed by atoms with E-state index < -0.39 is 10.0 Å². The van der Waals surface area contributed by atoms with Gasteiger partial charge in [-0.25, -0.2) is 13.6 Å². The van der Waals surface area contributed by atoms with Gasteiger partial charge in [0.25, 0.3) is 5.91 Å². The Hall–Kier alpha value is -1.34. The van der Waals surface area contributed by atoms with Crippen molar-refractivity contribution in [3.63, 3.8) is 0 Å². The van der Waals surface area contributed by atoms with Gasteiger partial charge in [0.05, 0.1) is 0 Å². The van der Waals surface area contributed by atoms with Gasteiger partial charge in [-0.05, 0) is 31.7 Å². The van der Waals surface area contributed by atoms with E-state index in [4.69, 9.17) is 5.14 Å². The standard InChI is InChI=1S/C13H21N3O3S/c1-8(2)16-7-9(20(14,18)19)5-10(16)12(17)15-11-6-13(11,3)4/h5,7-8,11H,6H2,1-4H3,(H,15,17)(H2,14,18,19). The Morgan fingerprint density at radius 2 is 2.05 bits per heavy atom. The van der Waals surface area contributed by atoms with Gasteiger partial charge in [-0.15, -0.1) is 0 Å². The number of hydrogen-bond acceptors (Lipinski definition) is 3. The van der Waals surface area contributed by atoms with Crippen LogP contribution in [0.5, 0.6) is 0 Å². The van der Waals surface area contributed by atoms with Crippen LogP contribution in [0.4, 0.5) is 0 Å². The summed E-state index contributed by atoms with van der Waals surface area (Å²) in [6, 6.07) is 1.45. The first-order valence-corrected chi connectivity index (χ1v) is 8.12. The minimum absolute atomic E-state index is 0.0292. The van der Waals surface area contributed by atoms with Gasteiger partial charge in [-0.1, -0.05) is 13.8 Å². The maximum atomic E-state index is 12.3. The maximum absolute atomic E-state index is 12.3. The third-order valence-electron chi connectivity index (χ3n) is 3.76. The molecule has 0 aromatic carbocycles. The summed E-state index contributed by atoms with van der Waals surface area (Å²) in [6.45, 7) is 7.92. The van der Waals surface area contributed by atoms with Crippen LogP contribution in [0.15, 0.2) is 17.2 Å². The van der Waals surface area contributed by atoms with Crippen molar-refractivity contribution in [2.75, 3.05) is 0 Å². The molecule has 112 valence electrons. The normalized spacial score (nSPS) is 21.0. The number of rotatable bonds is 4. The van der Waals surface area contributed by atoms with E-state index in [1.165, 1.54) is 12.3 Å². The molecule has 7 heteroatoms. The van der Waals surface area contributed by atoms with Gasteiger partial charge in [-0.3, -0.25) is 4.79 Å². The van der Waals surface area contributed by atoms with E-state index in [0.29, 0.717) is 5.69 Å². The first-order valence-electron chi connectivity index (χ1n) is 6.58. The zero-order valence-electron chi connectivity index (χ0n) is 12.2. The highest BCUT2D eigenvalue weighted by Crippen LogP contribution is 2.44. The van der Waals surface area contributed by atoms with Crippen LogP contribution < -0.4 is 10.5 Å². The van der Waals surface area contributed by atoms with Crippen molar-refractivity contribution in [3.05, 3.63) is 18.0 Å². The van der Waals surface area contributed by atoms with Crippen LogP contribution in [0.2, 0.25) is 0 Å². The second-order valence-electron chi connectivity index (χ2n) is 6.33. The summed E-state index contributed by atoms with van der Waals surface area (Å²) >= 11 is 0. The minimum Gasteiger partial charge on any atom is -0.347 e. The highest BCUT2D eigenvalue weighted by atomic mass is 32.2. The second kappa shape index (κ2) is 4.60. The number of carbonyl (C=O) groups excluding carboxylic acids is 1. The monoisotopic (exact) mass is 299 g/mol. The lowest BCUT2D eigenvalue weighted by atomic mass is 10.2. The molecule has 6 nitrogen and oxygen atoms in total. The van der Waals surface area contributed by atoms with Crippen LogP contribution in [-0.2, 0) is 10.0 Å². The van der Waals surface area contributed by atoms with Gasteiger partial charge in [0, 0.05) is 18.3 Å². The van der Waals surface area contributed by atoms with Crippen LogP contribution >= 0.6 is 0 Å². The lowest BCUT2D eigenvalue weighted by Crippen LogP contribution is -2.30. The van der Waals surface area contributed by atoms with Crippen molar-refractivity contribution in [2.45, 2.75) is 51.1 Å². The molecular formula is C13H21N3O3S. The first-order chi connectivity index (χ1) is 9.02. The van der Waals surface area contributed by atoms with Gasteiger partial charge in [0.2, 0.25) is 10.0 Å². The minimum atomic E-state index is -3.81. The Morgan fingerprint density at radius 3 is 2.45 bits per heavy atom. The van der Waals surface area contributed by atoms with E-state index >= 15 is 0 Å². The average Bonchev–Trinajstić information content (AvgIpc) is 2.76. The van der Waals surface area contributed by atoms with E-state index in [1.807, 2.05) is 13.8 Å². The summed E-state index contributed by atoms with van der Waals surface area (Å²) < 4.78 is 24.5. The molecule has 1 heterocycles. The maximum Gasteiger partial charge on any atom is 0.268 e. The van der Waals surface area contributed by atoms with Crippen LogP contribution in [0.25, 0.3) is 0 Å². The summed E-state index contributed by atoms with van der Waals surface area (Å²) in [5, 5.41) is 8.05. The molecular weight excluding hydrogens is 278 g/mol. The Balaban J connectivity index is 2.30. The van der Waals surface area contributed by atoms with Crippen molar-refractivity contribution in [2.24, 2.45) is 10.6 Å². The predicted octanol–water partition coefficient (Wildman–Crippen LogP) is 1.24. The molecule has 1 amide bonds. The Labute approximate surface area is 119 Å². The largest absolute Gasteiger partial charge is 0.347 e. The lowest BCUT2D eigenvalue weighted by molar-refractivity contribution is 0.0935. The van der Waals surface area contributed by atoms with E-state index in [2.05, 4.69) is 19.2 Å². The molecule has 1 aliphatic rings. The molecule has 0 saturated heterocycles. The number of nitrogens with two attached hydrogens (primary N) is 1. The molecule has 1 atom stereocenters. The Kier molecular flexibility index (Phi) is 3.46. The van der Waals surface area contributed by atoms with Crippen LogP contribution in [-0.4, -0.2) is 24.9 Å². The predicted molar refractivity (Wildman–Crippen MR) is 75.8 cm³/mol. The molecule has 1 unspecified atom stereocenters. The smallest absolute Gasteiger partial charge is 0.268 e. The van der Waals surface area contributed by atoms with Crippen molar-refractivity contribution in [1.29, 1.82) is 0 Å². The summed E-state index contributed by atoms with van der Waals surface area (Å²) in [4.78, 5) is 12.2. The molecule has 0 spiro atoms. The van der Waals surface area contributed by atoms with Crippen molar-refractivity contribution in [1.82, 2.24) is 9.88 Å². The molecule has 1 fully saturated rings. The molecule has 1 aromatic heterocycles. The summed E-state index contributed by atoms with van der Waals surface area (Å²) in [5.74, 6) is -0.260. The van der Waals surface area contributed by atoms with Crippen LogP contribution in [0.3, 0.4) is 0 Å². The van der Waals surface area contributed by atoms with Gasteiger partial charge < -0.3 is 9.88 Å². The molecule has 2 rings (SSSR count). The zero-order chi connectivity index (χ0) is 15.3. The molecule has 0 radical (unpaired) electrons. The zero-order valence-corrected chi connectivity index (χ0v) is 13.0. The highest BCUT2D eigenvalue weighted by Gasteiger charge is 2.46. The van der Waals surface area contributed by atoms with Crippen molar-refractivity contribution >= 4 is 15.9 Å². The number of hydrogen-bond donors (Lipinski definition) is 2. The quantitative estimate of drug-likeness (QED) is 0.876. The number of primary sulfonamides is 1. The fraction of sp³-hybridized carbons (Fsp3) is 0.615. The Bertz CT molecular complexity index is 644. The number of nitrogens with zero attached hydrogens (tertiary/aromatic N) is 1. The fourth-order valence-corrected chi connectivity index (χ4v) is 2.70. The molecule has 1 aromatic rings. The Morgan fingerprint density at radius 1 is 1.50 bits per heavy atom. The average molecular weight is 299 g/mol. The van der Waals surface area contributed by atoms with Gasteiger partial charge in [0.1, 0.15) is 10.6 Å². The molecule has 0 aliphatic heterocycles. The number of nitrogens with one attached hydrogen (secondary N) is 1. The van der Waals surface area contributed by atoms with E-state index in [9.17, 15) is 13.2 Å². The number of amides is 1. The topological polar surface area (TPSA) is 94.2 Å². The van der Waals surface area contributed by atoms with Crippen LogP contribution in [0.1, 0.15) is 50.6 Å². The van der Waals surface area contributed by atoms with E-state index in [0.717, 1.165) is 6.42 Å². The molecule has 0 bridgehead atoms. The third-order valence-corrected chi connectivity index (χ3v) is 4.64. The molecule has 1 saturated carbocycles. The number of aromatic nitrogens is 1. The first kappa shape index (κ1) is 15.1. The molecule has 3 N–H and O–H groups in total. The summed E-state index contributed by atoms with van der Waals surface area (Å²) in [6.07, 6.45) is 2.34. The van der Waals surface area contributed by atoms with E-state index in [1.54, 1.807) is 4.57 Å². The van der Waals surface area contributed by atoms with Crippen LogP contribution in [0, 0.1) is 5.41 Å². The fourth-order valence-electron chi connectivity index (χ4n) is 2.16. The number of carbonyl (C=O) groups is 1. The lowest BCUT2D eigenvalue weighted by Gasteiger charge is -2.13. The third kappa shape index (κ3) is 2.88. The summed E-state index contributed by atoms with van der Waals surface area (Å²) in [5.41, 5.74) is 0.444. The molecule has 1 aliphatic carbocycles. The van der Waals surface area contributed by atoms with E-state index in [-0.39, 0.29) is 28.3 Å². The SMILES string of the molecule is CC(C)n1cc(S(N)(=O)=O)cc1C(=O)NC1CC1(C)C. The van der Waals surface area contributed by atoms with Gasteiger partial charge >= 0.3 is 0 Å². The highest BCUT2D eigenvalue weighted by molar-refractivity contribution is 7.89. The van der Waals surface area contributed by atoms with Crippen molar-refractivity contribution in [3.8, 4) is 0 Å². The summed E-state index contributed by atoms with van der Waals surface area (Å²) in [7, 11) is -3.81. The second-order valence-corrected chi connectivity index (χ2v) is 7.89. The molecule has 20 heavy (non-hydrogen) atoms.